The minimum atomic E-state index is -0.932. The Balaban J connectivity index is 3.50. The van der Waals surface area contributed by atoms with Crippen molar-refractivity contribution in [3.8, 4) is 0 Å². The van der Waals surface area contributed by atoms with E-state index in [1.54, 1.807) is 0 Å². The molecule has 5 heteroatoms. The van der Waals surface area contributed by atoms with Crippen LogP contribution in [-0.2, 0) is 23.9 Å². The number of methoxy groups -OCH3 is 1. The summed E-state index contributed by atoms with van der Waals surface area (Å²) in [6.07, 6.45) is -0.0322. The Morgan fingerprint density at radius 2 is 1.83 bits per heavy atom. The van der Waals surface area contributed by atoms with Crippen LogP contribution in [0.5, 0.6) is 0 Å². The fourth-order valence-corrected chi connectivity index (χ4v) is 0.431. The number of ketones is 1. The number of ether oxygens (including phenoxy) is 2. The van der Waals surface area contributed by atoms with Gasteiger partial charge in [0.25, 0.3) is 0 Å². The number of carbonyl (C=O) groups excluding carboxylic acids is 3. The predicted molar refractivity (Wildman–Crippen MR) is 38.3 cm³/mol. The maximum absolute atomic E-state index is 10.5. The van der Waals surface area contributed by atoms with Gasteiger partial charge in [-0.3, -0.25) is 9.59 Å². The smallest absolute Gasteiger partial charge is 0.374 e. The molecule has 0 unspecified atom stereocenters. The monoisotopic (exact) mass is 174 g/mol. The molecule has 0 aromatic heterocycles. The van der Waals surface area contributed by atoms with E-state index in [2.05, 4.69) is 9.47 Å². The summed E-state index contributed by atoms with van der Waals surface area (Å²) in [4.78, 5) is 31.3. The summed E-state index contributed by atoms with van der Waals surface area (Å²) in [5, 5.41) is 0. The van der Waals surface area contributed by atoms with Gasteiger partial charge in [-0.2, -0.15) is 0 Å². The van der Waals surface area contributed by atoms with E-state index < -0.39 is 17.7 Å². The molecule has 0 aliphatic rings. The minimum absolute atomic E-state index is 0.0322. The molecular formula is C7H10O5. The number of esters is 2. The fourth-order valence-electron chi connectivity index (χ4n) is 0.431. The molecule has 12 heavy (non-hydrogen) atoms. The highest BCUT2D eigenvalue weighted by Crippen LogP contribution is 1.87. The quantitative estimate of drug-likeness (QED) is 0.431. The van der Waals surface area contributed by atoms with Crippen LogP contribution in [0.1, 0.15) is 13.3 Å². The van der Waals surface area contributed by atoms with Gasteiger partial charge in [0.15, 0.2) is 0 Å². The van der Waals surface area contributed by atoms with Crippen LogP contribution in [0.15, 0.2) is 0 Å². The number of hydrogen-bond donors (Lipinski definition) is 0. The molecule has 0 aliphatic heterocycles. The van der Waals surface area contributed by atoms with Gasteiger partial charge in [0.1, 0.15) is 6.61 Å². The number of Topliss-reactive ketones (excluding diaryl/α,β-unsaturated/α-hetero) is 1. The molecule has 0 heterocycles. The lowest BCUT2D eigenvalue weighted by Gasteiger charge is -2.00. The molecule has 0 saturated carbocycles. The van der Waals surface area contributed by atoms with Gasteiger partial charge in [-0.15, -0.1) is 0 Å². The Kier molecular flexibility index (Phi) is 4.67. The molecule has 68 valence electrons. The molecule has 0 aliphatic carbocycles. The maximum atomic E-state index is 10.5. The van der Waals surface area contributed by atoms with E-state index in [1.165, 1.54) is 7.11 Å². The van der Waals surface area contributed by atoms with Crippen LogP contribution in [0.25, 0.3) is 0 Å². The number of rotatable bonds is 4. The highest BCUT2D eigenvalue weighted by atomic mass is 16.5. The lowest BCUT2D eigenvalue weighted by Crippen LogP contribution is -2.16. The van der Waals surface area contributed by atoms with Crippen LogP contribution in [-0.4, -0.2) is 31.4 Å². The van der Waals surface area contributed by atoms with Crippen molar-refractivity contribution in [1.82, 2.24) is 0 Å². The third-order valence-corrected chi connectivity index (χ3v) is 1.05. The molecule has 0 amide bonds. The zero-order chi connectivity index (χ0) is 9.56. The second-order valence-corrected chi connectivity index (χ2v) is 2.02. The lowest BCUT2D eigenvalue weighted by molar-refractivity contribution is -0.154. The minimum Gasteiger partial charge on any atom is -0.469 e. The van der Waals surface area contributed by atoms with E-state index in [0.717, 1.165) is 6.92 Å². The summed E-state index contributed by atoms with van der Waals surface area (Å²) in [5.74, 6) is -2.09. The van der Waals surface area contributed by atoms with Crippen LogP contribution in [0, 0.1) is 0 Å². The zero-order valence-electron chi connectivity index (χ0n) is 6.96. The average Bonchev–Trinajstić information content (AvgIpc) is 2.03. The molecular weight excluding hydrogens is 164 g/mol. The lowest BCUT2D eigenvalue weighted by atomic mass is 10.4. The first kappa shape index (κ1) is 10.6. The van der Waals surface area contributed by atoms with Crippen LogP contribution >= 0.6 is 0 Å². The molecule has 0 N–H and O–H groups in total. The van der Waals surface area contributed by atoms with Gasteiger partial charge in [0, 0.05) is 6.92 Å². The molecule has 0 aromatic rings. The molecule has 0 rings (SSSR count). The Labute approximate surface area is 69.6 Å². The summed E-state index contributed by atoms with van der Waals surface area (Å²) in [6.45, 7) is 0.978. The predicted octanol–water partition coefficient (Wildman–Crippen LogP) is -0.318. The van der Waals surface area contributed by atoms with Crippen molar-refractivity contribution in [3.05, 3.63) is 0 Å². The molecule has 5 nitrogen and oxygen atoms in total. The van der Waals surface area contributed by atoms with E-state index in [4.69, 9.17) is 0 Å². The topological polar surface area (TPSA) is 69.7 Å². The van der Waals surface area contributed by atoms with Crippen LogP contribution in [0.3, 0.4) is 0 Å². The molecule has 0 aromatic carbocycles. The first-order valence-corrected chi connectivity index (χ1v) is 3.32. The Morgan fingerprint density at radius 1 is 1.25 bits per heavy atom. The van der Waals surface area contributed by atoms with E-state index in [0.29, 0.717) is 0 Å². The van der Waals surface area contributed by atoms with E-state index in [9.17, 15) is 14.4 Å². The van der Waals surface area contributed by atoms with E-state index in [1.807, 2.05) is 0 Å². The van der Waals surface area contributed by atoms with E-state index in [-0.39, 0.29) is 13.0 Å². The van der Waals surface area contributed by atoms with Gasteiger partial charge in [-0.1, -0.05) is 0 Å². The molecule has 0 bridgehead atoms. The van der Waals surface area contributed by atoms with Crippen LogP contribution in [0.4, 0.5) is 0 Å². The van der Waals surface area contributed by atoms with Gasteiger partial charge in [0.05, 0.1) is 13.5 Å². The second-order valence-electron chi connectivity index (χ2n) is 2.02. The van der Waals surface area contributed by atoms with Crippen molar-refractivity contribution in [3.63, 3.8) is 0 Å². The summed E-state index contributed by atoms with van der Waals surface area (Å²) in [5.41, 5.74) is 0. The number of hydrogen-bond acceptors (Lipinski definition) is 5. The SMILES string of the molecule is COC(=O)CCOC(=O)C(C)=O. The molecule has 0 radical (unpaired) electrons. The average molecular weight is 174 g/mol. The largest absolute Gasteiger partial charge is 0.469 e. The Bertz CT molecular complexity index is 196. The molecule has 0 saturated heterocycles. The van der Waals surface area contributed by atoms with Crippen molar-refractivity contribution >= 4 is 17.7 Å². The highest BCUT2D eigenvalue weighted by Gasteiger charge is 2.09. The molecule has 0 fully saturated rings. The van der Waals surface area contributed by atoms with Crippen molar-refractivity contribution in [2.24, 2.45) is 0 Å². The first-order valence-electron chi connectivity index (χ1n) is 3.32. The van der Waals surface area contributed by atoms with Crippen LogP contribution in [0.2, 0.25) is 0 Å². The van der Waals surface area contributed by atoms with Gasteiger partial charge < -0.3 is 9.47 Å². The first-order chi connectivity index (χ1) is 5.57. The van der Waals surface area contributed by atoms with Crippen molar-refractivity contribution in [2.75, 3.05) is 13.7 Å². The second kappa shape index (κ2) is 5.29. The fraction of sp³-hybridized carbons (Fsp3) is 0.571. The normalized spacial score (nSPS) is 8.83. The number of carbonyl (C=O) groups is 3. The van der Waals surface area contributed by atoms with Gasteiger partial charge in [0.2, 0.25) is 5.78 Å². The third kappa shape index (κ3) is 4.43. The highest BCUT2D eigenvalue weighted by molar-refractivity contribution is 6.32. The Hall–Kier alpha value is -1.39. The third-order valence-electron chi connectivity index (χ3n) is 1.05. The van der Waals surface area contributed by atoms with Gasteiger partial charge in [-0.25, -0.2) is 4.79 Å². The Morgan fingerprint density at radius 3 is 2.25 bits per heavy atom. The van der Waals surface area contributed by atoms with Gasteiger partial charge >= 0.3 is 11.9 Å². The maximum Gasteiger partial charge on any atom is 0.374 e. The van der Waals surface area contributed by atoms with E-state index >= 15 is 0 Å². The summed E-state index contributed by atoms with van der Waals surface area (Å²) in [6, 6.07) is 0. The van der Waals surface area contributed by atoms with Crippen molar-refractivity contribution < 1.29 is 23.9 Å². The van der Waals surface area contributed by atoms with Crippen molar-refractivity contribution in [1.29, 1.82) is 0 Å². The van der Waals surface area contributed by atoms with Gasteiger partial charge in [-0.05, 0) is 0 Å². The molecule has 0 atom stereocenters. The summed E-state index contributed by atoms with van der Waals surface area (Å²) >= 11 is 0. The van der Waals surface area contributed by atoms with Crippen molar-refractivity contribution in [2.45, 2.75) is 13.3 Å². The summed E-state index contributed by atoms with van der Waals surface area (Å²) in [7, 11) is 1.23. The zero-order valence-corrected chi connectivity index (χ0v) is 6.96. The van der Waals surface area contributed by atoms with Crippen LogP contribution < -0.4 is 0 Å². The molecule has 0 spiro atoms. The standard InChI is InChI=1S/C7H10O5/c1-5(8)7(10)12-4-3-6(9)11-2/h3-4H2,1-2H3. The summed E-state index contributed by atoms with van der Waals surface area (Å²) < 4.78 is 8.66.